The molecule has 2 aromatic carbocycles. The number of fused-ring (bicyclic) bond motifs is 2. The molecule has 2 aliphatic heterocycles. The van der Waals surface area contributed by atoms with Crippen LogP contribution in [-0.2, 0) is 6.42 Å². The quantitative estimate of drug-likeness (QED) is 0.762. The molecule has 0 unspecified atom stereocenters. The van der Waals surface area contributed by atoms with Crippen LogP contribution in [0.5, 0.6) is 17.2 Å². The predicted molar refractivity (Wildman–Crippen MR) is 95.4 cm³/mol. The minimum absolute atomic E-state index is 0.0922. The molecule has 2 heterocycles. The summed E-state index contributed by atoms with van der Waals surface area (Å²) in [5, 5.41) is 0. The molecule has 25 heavy (non-hydrogen) atoms. The van der Waals surface area contributed by atoms with E-state index < -0.39 is 0 Å². The lowest BCUT2D eigenvalue weighted by Crippen LogP contribution is -2.32. The Morgan fingerprint density at radius 1 is 1.16 bits per heavy atom. The van der Waals surface area contributed by atoms with Crippen LogP contribution in [0.15, 0.2) is 42.2 Å². The summed E-state index contributed by atoms with van der Waals surface area (Å²) in [7, 11) is 1.62. The number of benzene rings is 2. The van der Waals surface area contributed by atoms with Gasteiger partial charge in [-0.25, -0.2) is 0 Å². The summed E-state index contributed by atoms with van der Waals surface area (Å²) in [5.74, 6) is 2.35. The van der Waals surface area contributed by atoms with Crippen molar-refractivity contribution in [2.45, 2.75) is 32.3 Å². The fourth-order valence-electron chi connectivity index (χ4n) is 3.22. The van der Waals surface area contributed by atoms with Crippen LogP contribution < -0.4 is 14.2 Å². The largest absolute Gasteiger partial charge is 0.497 e. The van der Waals surface area contributed by atoms with Gasteiger partial charge in [0, 0.05) is 6.07 Å². The van der Waals surface area contributed by atoms with E-state index in [1.165, 1.54) is 0 Å². The van der Waals surface area contributed by atoms with E-state index in [0.29, 0.717) is 17.1 Å². The number of hydrogen-bond acceptors (Lipinski definition) is 4. The molecule has 0 N–H and O–H groups in total. The summed E-state index contributed by atoms with van der Waals surface area (Å²) in [5.41, 5.74) is 2.34. The molecule has 0 fully saturated rings. The molecule has 4 nitrogen and oxygen atoms in total. The molecule has 0 aromatic heterocycles. The average Bonchev–Trinajstić information content (AvgIpc) is 2.87. The minimum atomic E-state index is -0.191. The first-order chi connectivity index (χ1) is 11.9. The first-order valence-electron chi connectivity index (χ1n) is 8.39. The molecule has 2 aliphatic rings. The van der Waals surface area contributed by atoms with E-state index in [1.54, 1.807) is 13.2 Å². The molecule has 0 radical (unpaired) electrons. The Morgan fingerprint density at radius 3 is 2.80 bits per heavy atom. The van der Waals surface area contributed by atoms with Crippen LogP contribution >= 0.6 is 0 Å². The molecule has 4 heteroatoms. The van der Waals surface area contributed by atoms with Gasteiger partial charge in [-0.3, -0.25) is 4.79 Å². The lowest BCUT2D eigenvalue weighted by molar-refractivity contribution is 0.0844. The Balaban J connectivity index is 1.68. The van der Waals surface area contributed by atoms with Crippen LogP contribution in [0.3, 0.4) is 0 Å². The molecule has 0 spiro atoms. The number of allylic oxidation sites excluding steroid dienone is 1. The van der Waals surface area contributed by atoms with E-state index in [0.717, 1.165) is 35.5 Å². The maximum Gasteiger partial charge on any atom is 0.231 e. The Bertz CT molecular complexity index is 893. The maximum atomic E-state index is 12.7. The Hall–Kier alpha value is -2.75. The molecule has 0 amide bonds. The van der Waals surface area contributed by atoms with Crippen molar-refractivity contribution < 1.29 is 19.0 Å². The second-order valence-corrected chi connectivity index (χ2v) is 7.03. The fraction of sp³-hybridized carbons (Fsp3) is 0.286. The van der Waals surface area contributed by atoms with Crippen molar-refractivity contribution in [2.75, 3.05) is 7.11 Å². The first-order valence-corrected chi connectivity index (χ1v) is 8.39. The molecule has 4 rings (SSSR count). The molecular weight excluding hydrogens is 316 g/mol. The third kappa shape index (κ3) is 2.88. The number of methoxy groups -OCH3 is 1. The highest BCUT2D eigenvalue weighted by Crippen LogP contribution is 2.41. The summed E-state index contributed by atoms with van der Waals surface area (Å²) >= 11 is 0. The number of carbonyl (C=O) groups is 1. The Morgan fingerprint density at radius 2 is 2.00 bits per heavy atom. The van der Waals surface area contributed by atoms with E-state index in [9.17, 15) is 4.79 Å². The zero-order valence-corrected chi connectivity index (χ0v) is 14.6. The second-order valence-electron chi connectivity index (χ2n) is 7.03. The van der Waals surface area contributed by atoms with Crippen molar-refractivity contribution in [1.82, 2.24) is 0 Å². The zero-order chi connectivity index (χ0) is 17.6. The van der Waals surface area contributed by atoms with Crippen molar-refractivity contribution in [3.63, 3.8) is 0 Å². The Kier molecular flexibility index (Phi) is 3.57. The molecule has 0 saturated carbocycles. The number of ketones is 1. The Labute approximate surface area is 147 Å². The summed E-state index contributed by atoms with van der Waals surface area (Å²) in [6, 6.07) is 11.3. The molecule has 0 bridgehead atoms. The van der Waals surface area contributed by atoms with Gasteiger partial charge in [0.25, 0.3) is 0 Å². The third-order valence-corrected chi connectivity index (χ3v) is 4.63. The summed E-state index contributed by atoms with van der Waals surface area (Å²) < 4.78 is 17.1. The van der Waals surface area contributed by atoms with E-state index in [-0.39, 0.29) is 11.4 Å². The van der Waals surface area contributed by atoms with E-state index in [2.05, 4.69) is 13.8 Å². The smallest absolute Gasteiger partial charge is 0.231 e. The normalized spacial score (nSPS) is 19.0. The number of hydrogen-bond donors (Lipinski definition) is 0. The zero-order valence-electron chi connectivity index (χ0n) is 14.6. The van der Waals surface area contributed by atoms with Crippen LogP contribution in [0.25, 0.3) is 6.08 Å². The lowest BCUT2D eigenvalue weighted by Gasteiger charge is -2.32. The number of aryl methyl sites for hydroxylation is 1. The summed E-state index contributed by atoms with van der Waals surface area (Å²) in [6.45, 7) is 4.15. The van der Waals surface area contributed by atoms with E-state index >= 15 is 0 Å². The van der Waals surface area contributed by atoms with Crippen molar-refractivity contribution >= 4 is 11.9 Å². The second kappa shape index (κ2) is 5.66. The van der Waals surface area contributed by atoms with Gasteiger partial charge in [-0.1, -0.05) is 12.1 Å². The highest BCUT2D eigenvalue weighted by Gasteiger charge is 2.33. The van der Waals surface area contributed by atoms with Gasteiger partial charge < -0.3 is 14.2 Å². The van der Waals surface area contributed by atoms with Gasteiger partial charge >= 0.3 is 0 Å². The molecule has 0 aliphatic carbocycles. The monoisotopic (exact) mass is 336 g/mol. The van der Waals surface area contributed by atoms with Crippen LogP contribution in [0.4, 0.5) is 0 Å². The van der Waals surface area contributed by atoms with Gasteiger partial charge in [0.1, 0.15) is 22.8 Å². The van der Waals surface area contributed by atoms with Crippen LogP contribution in [0.2, 0.25) is 0 Å². The molecule has 2 aromatic rings. The average molecular weight is 336 g/mol. The van der Waals surface area contributed by atoms with Gasteiger partial charge in [-0.2, -0.15) is 0 Å². The van der Waals surface area contributed by atoms with Gasteiger partial charge in [0.15, 0.2) is 5.76 Å². The lowest BCUT2D eigenvalue weighted by atomic mass is 9.92. The van der Waals surface area contributed by atoms with Crippen LogP contribution in [0, 0.1) is 0 Å². The van der Waals surface area contributed by atoms with Gasteiger partial charge in [0.05, 0.1) is 12.7 Å². The first kappa shape index (κ1) is 15.8. The topological polar surface area (TPSA) is 44.8 Å². The van der Waals surface area contributed by atoms with Crippen LogP contribution in [0.1, 0.15) is 41.8 Å². The van der Waals surface area contributed by atoms with Crippen molar-refractivity contribution in [2.24, 2.45) is 0 Å². The third-order valence-electron chi connectivity index (χ3n) is 4.63. The highest BCUT2D eigenvalue weighted by atomic mass is 16.5. The van der Waals surface area contributed by atoms with Crippen molar-refractivity contribution in [3.05, 3.63) is 58.8 Å². The van der Waals surface area contributed by atoms with Crippen molar-refractivity contribution in [3.8, 4) is 17.2 Å². The predicted octanol–water partition coefficient (Wildman–Crippen LogP) is 4.42. The minimum Gasteiger partial charge on any atom is -0.497 e. The number of ether oxygens (including phenoxy) is 3. The van der Waals surface area contributed by atoms with E-state index in [4.69, 9.17) is 14.2 Å². The SMILES string of the molecule is COc1cccc(/C=C2\Oc3cc4c(cc3C2=O)CCC(C)(C)O4)c1. The molecule has 0 saturated heterocycles. The fourth-order valence-corrected chi connectivity index (χ4v) is 3.22. The number of Topliss-reactive ketones (excluding diaryl/α,β-unsaturated/α-hetero) is 1. The van der Waals surface area contributed by atoms with E-state index in [1.807, 2.05) is 36.4 Å². The maximum absolute atomic E-state index is 12.7. The molecular formula is C21H20O4. The highest BCUT2D eigenvalue weighted by molar-refractivity contribution is 6.14. The standard InChI is InChI=1S/C21H20O4/c1-21(2)8-7-14-11-16-18(12-17(14)25-21)24-19(20(16)22)10-13-5-4-6-15(9-13)23-3/h4-6,9-12H,7-8H2,1-3H3/b19-10-. The van der Waals surface area contributed by atoms with Gasteiger partial charge in [-0.15, -0.1) is 0 Å². The van der Waals surface area contributed by atoms with Crippen LogP contribution in [-0.4, -0.2) is 18.5 Å². The number of carbonyl (C=O) groups excluding carboxylic acids is 1. The van der Waals surface area contributed by atoms with Gasteiger partial charge in [0.2, 0.25) is 5.78 Å². The van der Waals surface area contributed by atoms with Gasteiger partial charge in [-0.05, 0) is 62.1 Å². The molecule has 0 atom stereocenters. The van der Waals surface area contributed by atoms with Crippen molar-refractivity contribution in [1.29, 1.82) is 0 Å². The number of rotatable bonds is 2. The summed E-state index contributed by atoms with van der Waals surface area (Å²) in [6.07, 6.45) is 3.58. The molecule has 128 valence electrons. The summed E-state index contributed by atoms with van der Waals surface area (Å²) in [4.78, 5) is 12.7.